The first-order valence-electron chi connectivity index (χ1n) is 10.3. The molecular formula is C22H17F4N5O2S. The van der Waals surface area contributed by atoms with Gasteiger partial charge in [0.2, 0.25) is 17.7 Å². The van der Waals surface area contributed by atoms with Gasteiger partial charge in [0.05, 0.1) is 27.9 Å². The van der Waals surface area contributed by atoms with Gasteiger partial charge < -0.3 is 15.5 Å². The standard InChI is InChI=1S/C22H17F4N5O2S/c23-19-13(11-2-1-3-12(8-11)22(24,25)26)4-5-14-20(19)34-18(28-14)10-17-31-30-16(33-17)9-15(32)29-21(27)6-7-21/h1-5,8H,6-7,9-10,27H2,(H,29,32). The Morgan fingerprint density at radius 1 is 1.18 bits per heavy atom. The average Bonchev–Trinajstić information content (AvgIpc) is 3.15. The number of hydrogen-bond acceptors (Lipinski definition) is 7. The number of nitrogens with one attached hydrogen (secondary N) is 1. The summed E-state index contributed by atoms with van der Waals surface area (Å²) >= 11 is 1.04. The number of aromatic nitrogens is 3. The van der Waals surface area contributed by atoms with Gasteiger partial charge in [-0.15, -0.1) is 21.5 Å². The van der Waals surface area contributed by atoms with Gasteiger partial charge in [0.25, 0.3) is 0 Å². The Hall–Kier alpha value is -3.38. The molecule has 2 aromatic heterocycles. The van der Waals surface area contributed by atoms with E-state index in [1.807, 2.05) is 0 Å². The van der Waals surface area contributed by atoms with Crippen LogP contribution in [-0.4, -0.2) is 26.8 Å². The summed E-state index contributed by atoms with van der Waals surface area (Å²) in [5.41, 5.74) is 4.89. The van der Waals surface area contributed by atoms with Crippen molar-refractivity contribution in [2.24, 2.45) is 5.73 Å². The smallest absolute Gasteiger partial charge is 0.416 e. The maximum atomic E-state index is 15.2. The molecule has 1 fully saturated rings. The van der Waals surface area contributed by atoms with Crippen molar-refractivity contribution in [3.8, 4) is 11.1 Å². The molecular weight excluding hydrogens is 474 g/mol. The van der Waals surface area contributed by atoms with E-state index in [0.717, 1.165) is 36.3 Å². The second-order valence-corrected chi connectivity index (χ2v) is 9.19. The van der Waals surface area contributed by atoms with Gasteiger partial charge in [-0.2, -0.15) is 13.2 Å². The minimum absolute atomic E-state index is 0.0493. The van der Waals surface area contributed by atoms with Crippen molar-refractivity contribution < 1.29 is 26.8 Å². The van der Waals surface area contributed by atoms with Gasteiger partial charge in [-0.25, -0.2) is 9.37 Å². The number of carbonyl (C=O) groups is 1. The van der Waals surface area contributed by atoms with E-state index < -0.39 is 23.2 Å². The maximum Gasteiger partial charge on any atom is 0.416 e. The lowest BCUT2D eigenvalue weighted by Gasteiger charge is -2.09. The molecule has 0 unspecified atom stereocenters. The number of amides is 1. The van der Waals surface area contributed by atoms with Crippen molar-refractivity contribution in [3.63, 3.8) is 0 Å². The summed E-state index contributed by atoms with van der Waals surface area (Å²) in [4.78, 5) is 16.3. The minimum atomic E-state index is -4.53. The summed E-state index contributed by atoms with van der Waals surface area (Å²) in [6.45, 7) is 0. The number of nitrogens with two attached hydrogens (primary N) is 1. The molecule has 0 bridgehead atoms. The molecule has 1 aliphatic rings. The number of carbonyl (C=O) groups excluding carboxylic acids is 1. The van der Waals surface area contributed by atoms with Crippen LogP contribution in [-0.2, 0) is 23.8 Å². The van der Waals surface area contributed by atoms with Gasteiger partial charge in [-0.1, -0.05) is 12.1 Å². The number of thiazole rings is 1. The van der Waals surface area contributed by atoms with E-state index in [1.165, 1.54) is 18.2 Å². The van der Waals surface area contributed by atoms with Crippen LogP contribution in [0.15, 0.2) is 40.8 Å². The zero-order valence-corrected chi connectivity index (χ0v) is 18.3. The van der Waals surface area contributed by atoms with Crippen LogP contribution in [0.3, 0.4) is 0 Å². The fraction of sp³-hybridized carbons (Fsp3) is 0.273. The second-order valence-electron chi connectivity index (χ2n) is 8.11. The Morgan fingerprint density at radius 2 is 1.94 bits per heavy atom. The molecule has 5 rings (SSSR count). The van der Waals surface area contributed by atoms with Gasteiger partial charge in [0, 0.05) is 5.56 Å². The van der Waals surface area contributed by atoms with E-state index >= 15 is 4.39 Å². The zero-order chi connectivity index (χ0) is 24.1. The first kappa shape index (κ1) is 22.4. The highest BCUT2D eigenvalue weighted by Gasteiger charge is 2.39. The monoisotopic (exact) mass is 491 g/mol. The lowest BCUT2D eigenvalue weighted by Crippen LogP contribution is -2.44. The Kier molecular flexibility index (Phi) is 5.36. The molecule has 1 amide bonds. The number of benzene rings is 2. The molecule has 3 N–H and O–H groups in total. The number of rotatable bonds is 6. The molecule has 12 heteroatoms. The van der Waals surface area contributed by atoms with E-state index in [2.05, 4.69) is 20.5 Å². The molecule has 0 radical (unpaired) electrons. The number of alkyl halides is 3. The highest BCUT2D eigenvalue weighted by atomic mass is 32.1. The summed E-state index contributed by atoms with van der Waals surface area (Å²) in [6, 6.07) is 7.48. The molecule has 2 aromatic carbocycles. The van der Waals surface area contributed by atoms with Crippen LogP contribution in [0, 0.1) is 5.82 Å². The molecule has 176 valence electrons. The summed E-state index contributed by atoms with van der Waals surface area (Å²) in [6.07, 6.45) is -3.08. The molecule has 7 nitrogen and oxygen atoms in total. The van der Waals surface area contributed by atoms with Gasteiger partial charge >= 0.3 is 6.18 Å². The predicted octanol–water partition coefficient (Wildman–Crippen LogP) is 4.20. The Labute approximate surface area is 194 Å². The third kappa shape index (κ3) is 4.64. The van der Waals surface area contributed by atoms with Crippen LogP contribution in [0.25, 0.3) is 21.3 Å². The molecule has 1 saturated carbocycles. The Balaban J connectivity index is 1.35. The van der Waals surface area contributed by atoms with E-state index in [9.17, 15) is 18.0 Å². The van der Waals surface area contributed by atoms with Crippen molar-refractivity contribution in [2.45, 2.75) is 37.5 Å². The Bertz CT molecular complexity index is 1390. The van der Waals surface area contributed by atoms with Gasteiger partial charge in [-0.05, 0) is 42.7 Å². The zero-order valence-electron chi connectivity index (χ0n) is 17.4. The third-order valence-corrected chi connectivity index (χ3v) is 6.41. The third-order valence-electron chi connectivity index (χ3n) is 5.34. The van der Waals surface area contributed by atoms with Crippen molar-refractivity contribution >= 4 is 27.5 Å². The number of fused-ring (bicyclic) bond motifs is 1. The van der Waals surface area contributed by atoms with Crippen molar-refractivity contribution in [2.75, 3.05) is 0 Å². The molecule has 0 atom stereocenters. The molecule has 4 aromatic rings. The summed E-state index contributed by atoms with van der Waals surface area (Å²) in [7, 11) is 0. The normalized spacial score (nSPS) is 15.0. The topological polar surface area (TPSA) is 107 Å². The Morgan fingerprint density at radius 3 is 2.68 bits per heavy atom. The molecule has 1 aliphatic carbocycles. The molecule has 0 spiro atoms. The molecule has 2 heterocycles. The minimum Gasteiger partial charge on any atom is -0.424 e. The quantitative estimate of drug-likeness (QED) is 0.309. The first-order chi connectivity index (χ1) is 16.1. The van der Waals surface area contributed by atoms with Crippen LogP contribution in [0.4, 0.5) is 17.6 Å². The van der Waals surface area contributed by atoms with Crippen LogP contribution < -0.4 is 11.1 Å². The number of hydrogen-bond donors (Lipinski definition) is 2. The summed E-state index contributed by atoms with van der Waals surface area (Å²) in [5.74, 6) is -0.649. The van der Waals surface area contributed by atoms with E-state index in [1.54, 1.807) is 6.07 Å². The second kappa shape index (κ2) is 8.13. The van der Waals surface area contributed by atoms with Gasteiger partial charge in [0.15, 0.2) is 0 Å². The summed E-state index contributed by atoms with van der Waals surface area (Å²) in [5, 5.41) is 10.9. The lowest BCUT2D eigenvalue weighted by atomic mass is 10.0. The lowest BCUT2D eigenvalue weighted by molar-refractivity contribution is -0.137. The van der Waals surface area contributed by atoms with E-state index in [-0.39, 0.29) is 46.4 Å². The van der Waals surface area contributed by atoms with Crippen LogP contribution in [0.5, 0.6) is 0 Å². The molecule has 34 heavy (non-hydrogen) atoms. The van der Waals surface area contributed by atoms with Crippen LogP contribution in [0.2, 0.25) is 0 Å². The van der Waals surface area contributed by atoms with Crippen LogP contribution in [0.1, 0.15) is 35.2 Å². The predicted molar refractivity (Wildman–Crippen MR) is 115 cm³/mol. The average molecular weight is 491 g/mol. The highest BCUT2D eigenvalue weighted by molar-refractivity contribution is 7.18. The fourth-order valence-electron chi connectivity index (χ4n) is 3.45. The van der Waals surface area contributed by atoms with Crippen molar-refractivity contribution in [1.29, 1.82) is 0 Å². The summed E-state index contributed by atoms with van der Waals surface area (Å²) < 4.78 is 60.1. The van der Waals surface area contributed by atoms with Crippen molar-refractivity contribution in [3.05, 3.63) is 64.6 Å². The molecule has 0 saturated heterocycles. The highest BCUT2D eigenvalue weighted by Crippen LogP contribution is 2.36. The number of nitrogens with zero attached hydrogens (tertiary/aromatic N) is 3. The molecule has 0 aliphatic heterocycles. The first-order valence-corrected chi connectivity index (χ1v) is 11.1. The van der Waals surface area contributed by atoms with Crippen LogP contribution >= 0.6 is 11.3 Å². The van der Waals surface area contributed by atoms with Gasteiger partial charge in [-0.3, -0.25) is 4.79 Å². The maximum absolute atomic E-state index is 15.2. The fourth-order valence-corrected chi connectivity index (χ4v) is 4.44. The SMILES string of the molecule is NC1(NC(=O)Cc2nnc(Cc3nc4ccc(-c5cccc(C(F)(F)F)c5)c(F)c4s3)o2)CC1. The van der Waals surface area contributed by atoms with Gasteiger partial charge in [0.1, 0.15) is 17.2 Å². The van der Waals surface area contributed by atoms with E-state index in [4.69, 9.17) is 10.2 Å². The van der Waals surface area contributed by atoms with Crippen molar-refractivity contribution in [1.82, 2.24) is 20.5 Å². The van der Waals surface area contributed by atoms with E-state index in [0.29, 0.717) is 10.5 Å². The largest absolute Gasteiger partial charge is 0.424 e. The number of halogens is 4.